The maximum absolute atomic E-state index is 12.2. The lowest BCUT2D eigenvalue weighted by molar-refractivity contribution is 0.220. The van der Waals surface area contributed by atoms with E-state index in [1.807, 2.05) is 24.1 Å². The van der Waals surface area contributed by atoms with Crippen molar-refractivity contribution in [3.63, 3.8) is 0 Å². The minimum Gasteiger partial charge on any atom is -0.324 e. The Hall–Kier alpha value is -1.55. The Morgan fingerprint density at radius 1 is 1.40 bits per heavy atom. The Morgan fingerprint density at radius 2 is 2.10 bits per heavy atom. The largest absolute Gasteiger partial charge is 0.324 e. The molecule has 0 radical (unpaired) electrons. The van der Waals surface area contributed by atoms with E-state index in [0.29, 0.717) is 12.0 Å². The molecule has 1 fully saturated rings. The summed E-state index contributed by atoms with van der Waals surface area (Å²) in [6, 6.07) is 8.38. The van der Waals surface area contributed by atoms with Gasteiger partial charge in [-0.3, -0.25) is 0 Å². The number of carbonyl (C=O) groups is 1. The quantitative estimate of drug-likeness (QED) is 0.886. The van der Waals surface area contributed by atoms with Gasteiger partial charge in [0.1, 0.15) is 0 Å². The molecule has 0 saturated carbocycles. The van der Waals surface area contributed by atoms with Gasteiger partial charge in [-0.05, 0) is 44.0 Å². The highest BCUT2D eigenvalue weighted by atomic mass is 16.2. The summed E-state index contributed by atoms with van der Waals surface area (Å²) in [6.45, 7) is 6.06. The lowest BCUT2D eigenvalue weighted by Crippen LogP contribution is -2.32. The van der Waals surface area contributed by atoms with E-state index in [4.69, 9.17) is 0 Å². The van der Waals surface area contributed by atoms with Crippen LogP contribution in [0.15, 0.2) is 24.3 Å². The highest BCUT2D eigenvalue weighted by Gasteiger charge is 2.24. The SMILES string of the molecule is CCC1CCN(C(=O)Nc2ccc(C(C)NC)cc2)C1. The van der Waals surface area contributed by atoms with E-state index in [0.717, 1.165) is 31.6 Å². The van der Waals surface area contributed by atoms with Gasteiger partial charge in [-0.1, -0.05) is 25.5 Å². The number of hydrogen-bond donors (Lipinski definition) is 2. The molecule has 0 bridgehead atoms. The van der Waals surface area contributed by atoms with E-state index < -0.39 is 0 Å². The van der Waals surface area contributed by atoms with Crippen molar-refractivity contribution >= 4 is 11.7 Å². The molecular formula is C16H25N3O. The normalized spacial score (nSPS) is 19.9. The number of amides is 2. The van der Waals surface area contributed by atoms with Gasteiger partial charge in [-0.15, -0.1) is 0 Å². The number of likely N-dealkylation sites (tertiary alicyclic amines) is 1. The third-order valence-corrected chi connectivity index (χ3v) is 4.25. The molecule has 2 rings (SSSR count). The van der Waals surface area contributed by atoms with Gasteiger partial charge < -0.3 is 15.5 Å². The number of nitrogens with one attached hydrogen (secondary N) is 2. The first-order valence-electron chi connectivity index (χ1n) is 7.47. The molecule has 2 N–H and O–H groups in total. The molecule has 2 atom stereocenters. The maximum Gasteiger partial charge on any atom is 0.321 e. The molecule has 1 aromatic rings. The van der Waals surface area contributed by atoms with Crippen LogP contribution in [-0.4, -0.2) is 31.1 Å². The Bertz CT molecular complexity index is 444. The fraction of sp³-hybridized carbons (Fsp3) is 0.562. The van der Waals surface area contributed by atoms with Gasteiger partial charge >= 0.3 is 6.03 Å². The highest BCUT2D eigenvalue weighted by molar-refractivity contribution is 5.89. The lowest BCUT2D eigenvalue weighted by Gasteiger charge is -2.17. The first kappa shape index (κ1) is 14.9. The van der Waals surface area contributed by atoms with Crippen molar-refractivity contribution < 1.29 is 4.79 Å². The zero-order valence-corrected chi connectivity index (χ0v) is 12.6. The van der Waals surface area contributed by atoms with Crippen molar-refractivity contribution in [1.29, 1.82) is 0 Å². The van der Waals surface area contributed by atoms with E-state index in [1.165, 1.54) is 5.56 Å². The molecule has 20 heavy (non-hydrogen) atoms. The monoisotopic (exact) mass is 275 g/mol. The average molecular weight is 275 g/mol. The van der Waals surface area contributed by atoms with Gasteiger partial charge in [0.15, 0.2) is 0 Å². The van der Waals surface area contributed by atoms with Crippen LogP contribution in [0.3, 0.4) is 0 Å². The number of carbonyl (C=O) groups excluding carboxylic acids is 1. The summed E-state index contributed by atoms with van der Waals surface area (Å²) in [7, 11) is 1.94. The van der Waals surface area contributed by atoms with Crippen LogP contribution in [0, 0.1) is 5.92 Å². The first-order valence-corrected chi connectivity index (χ1v) is 7.47. The fourth-order valence-electron chi connectivity index (χ4n) is 2.57. The molecule has 1 heterocycles. The summed E-state index contributed by atoms with van der Waals surface area (Å²) in [5, 5.41) is 6.18. The van der Waals surface area contributed by atoms with Crippen molar-refractivity contribution in [1.82, 2.24) is 10.2 Å². The van der Waals surface area contributed by atoms with Crippen LogP contribution in [0.5, 0.6) is 0 Å². The molecule has 4 heteroatoms. The zero-order chi connectivity index (χ0) is 14.5. The molecule has 4 nitrogen and oxygen atoms in total. The van der Waals surface area contributed by atoms with Gasteiger partial charge in [0, 0.05) is 24.8 Å². The predicted octanol–water partition coefficient (Wildman–Crippen LogP) is 3.23. The zero-order valence-electron chi connectivity index (χ0n) is 12.6. The van der Waals surface area contributed by atoms with E-state index in [1.54, 1.807) is 0 Å². The third-order valence-electron chi connectivity index (χ3n) is 4.25. The number of anilines is 1. The van der Waals surface area contributed by atoms with Crippen LogP contribution in [0.2, 0.25) is 0 Å². The highest BCUT2D eigenvalue weighted by Crippen LogP contribution is 2.21. The summed E-state index contributed by atoms with van der Waals surface area (Å²) in [5.74, 6) is 0.666. The van der Waals surface area contributed by atoms with E-state index in [2.05, 4.69) is 36.6 Å². The fourth-order valence-corrected chi connectivity index (χ4v) is 2.57. The Balaban J connectivity index is 1.91. The van der Waals surface area contributed by atoms with Gasteiger partial charge in [0.2, 0.25) is 0 Å². The first-order chi connectivity index (χ1) is 9.63. The molecular weight excluding hydrogens is 250 g/mol. The summed E-state index contributed by atoms with van der Waals surface area (Å²) < 4.78 is 0. The molecule has 2 unspecified atom stereocenters. The van der Waals surface area contributed by atoms with Crippen molar-refractivity contribution in [2.24, 2.45) is 5.92 Å². The molecule has 2 amide bonds. The van der Waals surface area contributed by atoms with Crippen molar-refractivity contribution in [2.45, 2.75) is 32.7 Å². The summed E-state index contributed by atoms with van der Waals surface area (Å²) in [6.07, 6.45) is 2.28. The van der Waals surface area contributed by atoms with Crippen LogP contribution in [0.25, 0.3) is 0 Å². The predicted molar refractivity (Wildman–Crippen MR) is 82.9 cm³/mol. The Kier molecular flexibility index (Phi) is 5.01. The number of urea groups is 1. The van der Waals surface area contributed by atoms with Gasteiger partial charge in [0.05, 0.1) is 0 Å². The van der Waals surface area contributed by atoms with Gasteiger partial charge in [-0.25, -0.2) is 4.79 Å². The Labute approximate surface area is 121 Å². The van der Waals surface area contributed by atoms with Crippen LogP contribution in [0.4, 0.5) is 10.5 Å². The molecule has 1 aliphatic rings. The van der Waals surface area contributed by atoms with Gasteiger partial charge in [0.25, 0.3) is 0 Å². The third kappa shape index (κ3) is 3.51. The number of rotatable bonds is 4. The molecule has 1 aromatic carbocycles. The van der Waals surface area contributed by atoms with Crippen LogP contribution in [-0.2, 0) is 0 Å². The standard InChI is InChI=1S/C16H25N3O/c1-4-13-9-10-19(11-13)16(20)18-15-7-5-14(6-8-15)12(2)17-3/h5-8,12-13,17H,4,9-11H2,1-3H3,(H,18,20). The lowest BCUT2D eigenvalue weighted by atomic mass is 10.1. The second-order valence-corrected chi connectivity index (χ2v) is 5.57. The summed E-state index contributed by atoms with van der Waals surface area (Å²) in [4.78, 5) is 14.1. The van der Waals surface area contributed by atoms with Crippen molar-refractivity contribution in [3.8, 4) is 0 Å². The van der Waals surface area contributed by atoms with Crippen molar-refractivity contribution in [2.75, 3.05) is 25.5 Å². The summed E-state index contributed by atoms with van der Waals surface area (Å²) in [5.41, 5.74) is 2.08. The number of hydrogen-bond acceptors (Lipinski definition) is 2. The average Bonchev–Trinajstić information content (AvgIpc) is 2.96. The molecule has 0 aliphatic carbocycles. The van der Waals surface area contributed by atoms with Crippen molar-refractivity contribution in [3.05, 3.63) is 29.8 Å². The number of nitrogens with zero attached hydrogens (tertiary/aromatic N) is 1. The van der Waals surface area contributed by atoms with E-state index in [9.17, 15) is 4.79 Å². The molecule has 0 aromatic heterocycles. The second kappa shape index (κ2) is 6.75. The number of benzene rings is 1. The minimum absolute atomic E-state index is 0.0235. The van der Waals surface area contributed by atoms with E-state index in [-0.39, 0.29) is 6.03 Å². The molecule has 1 aliphatic heterocycles. The van der Waals surface area contributed by atoms with Crippen LogP contribution < -0.4 is 10.6 Å². The maximum atomic E-state index is 12.2. The van der Waals surface area contributed by atoms with E-state index >= 15 is 0 Å². The smallest absolute Gasteiger partial charge is 0.321 e. The van der Waals surface area contributed by atoms with Gasteiger partial charge in [-0.2, -0.15) is 0 Å². The summed E-state index contributed by atoms with van der Waals surface area (Å²) >= 11 is 0. The molecule has 1 saturated heterocycles. The Morgan fingerprint density at radius 3 is 2.65 bits per heavy atom. The second-order valence-electron chi connectivity index (χ2n) is 5.57. The van der Waals surface area contributed by atoms with Crippen LogP contribution >= 0.6 is 0 Å². The minimum atomic E-state index is 0.0235. The topological polar surface area (TPSA) is 44.4 Å². The molecule has 0 spiro atoms. The molecule has 110 valence electrons. The van der Waals surface area contributed by atoms with Crippen LogP contribution in [0.1, 0.15) is 38.3 Å².